The van der Waals surface area contributed by atoms with Gasteiger partial charge in [-0.15, -0.1) is 11.3 Å². The van der Waals surface area contributed by atoms with Gasteiger partial charge in [-0.1, -0.05) is 12.1 Å². The summed E-state index contributed by atoms with van der Waals surface area (Å²) in [5.41, 5.74) is 1.72. The third kappa shape index (κ3) is 5.32. The molecule has 0 aliphatic carbocycles. The quantitative estimate of drug-likeness (QED) is 0.887. The van der Waals surface area contributed by atoms with E-state index in [2.05, 4.69) is 29.0 Å². The third-order valence-electron chi connectivity index (χ3n) is 3.96. The van der Waals surface area contributed by atoms with Gasteiger partial charge in [0.2, 0.25) is 5.91 Å². The number of carbonyl (C=O) groups is 1. The van der Waals surface area contributed by atoms with Gasteiger partial charge < -0.3 is 10.1 Å². The fourth-order valence-electron chi connectivity index (χ4n) is 3.03. The molecule has 1 fully saturated rings. The van der Waals surface area contributed by atoms with Crippen LogP contribution in [0, 0.1) is 5.82 Å². The predicted octanol–water partition coefficient (Wildman–Crippen LogP) is 3.07. The number of halogens is 1. The number of hydrogen-bond acceptors (Lipinski definition) is 5. The number of nitrogens with zero attached hydrogens (tertiary/aromatic N) is 2. The smallest absolute Gasteiger partial charge is 0.230 e. The van der Waals surface area contributed by atoms with Crippen LogP contribution in [0.4, 0.5) is 9.52 Å². The van der Waals surface area contributed by atoms with Crippen LogP contribution in [0.3, 0.4) is 0 Å². The van der Waals surface area contributed by atoms with Crippen LogP contribution in [0.15, 0.2) is 29.6 Å². The molecule has 134 valence electrons. The zero-order valence-electron chi connectivity index (χ0n) is 14.4. The number of nitrogens with one attached hydrogen (secondary N) is 1. The van der Waals surface area contributed by atoms with Gasteiger partial charge in [-0.3, -0.25) is 9.69 Å². The van der Waals surface area contributed by atoms with Crippen molar-refractivity contribution in [2.75, 3.05) is 18.4 Å². The average molecular weight is 363 g/mol. The lowest BCUT2D eigenvalue weighted by Gasteiger charge is -2.34. The van der Waals surface area contributed by atoms with Crippen molar-refractivity contribution in [1.82, 2.24) is 9.88 Å². The summed E-state index contributed by atoms with van der Waals surface area (Å²) in [6.07, 6.45) is 0.641. The first-order valence-corrected chi connectivity index (χ1v) is 9.22. The topological polar surface area (TPSA) is 54.5 Å². The summed E-state index contributed by atoms with van der Waals surface area (Å²) in [4.78, 5) is 18.9. The molecule has 3 rings (SSSR count). The minimum atomic E-state index is -0.305. The third-order valence-corrected chi connectivity index (χ3v) is 4.76. The number of benzene rings is 1. The molecule has 7 heteroatoms. The highest BCUT2D eigenvalue weighted by molar-refractivity contribution is 7.13. The van der Waals surface area contributed by atoms with Crippen molar-refractivity contribution in [3.8, 4) is 0 Å². The average Bonchev–Trinajstić information content (AvgIpc) is 2.95. The first kappa shape index (κ1) is 18.0. The zero-order chi connectivity index (χ0) is 17.8. The van der Waals surface area contributed by atoms with Crippen molar-refractivity contribution in [2.24, 2.45) is 0 Å². The molecule has 2 atom stereocenters. The molecule has 0 spiro atoms. The van der Waals surface area contributed by atoms with Crippen molar-refractivity contribution >= 4 is 22.4 Å². The van der Waals surface area contributed by atoms with Crippen LogP contribution in [-0.4, -0.2) is 41.1 Å². The van der Waals surface area contributed by atoms with E-state index in [-0.39, 0.29) is 30.4 Å². The van der Waals surface area contributed by atoms with Crippen LogP contribution in [0.1, 0.15) is 25.1 Å². The molecule has 2 heterocycles. The second-order valence-electron chi connectivity index (χ2n) is 6.45. The number of anilines is 1. The number of morpholine rings is 1. The van der Waals surface area contributed by atoms with Gasteiger partial charge in [-0.05, 0) is 31.5 Å². The molecule has 1 N–H and O–H groups in total. The molecule has 2 unspecified atom stereocenters. The second-order valence-corrected chi connectivity index (χ2v) is 7.30. The van der Waals surface area contributed by atoms with Crippen LogP contribution in [0.25, 0.3) is 0 Å². The number of amides is 1. The Balaban J connectivity index is 1.52. The highest BCUT2D eigenvalue weighted by atomic mass is 32.1. The SMILES string of the molecule is CC1CN(Cc2csc(NC(=O)Cc3ccc(F)cc3)n2)CC(C)O1. The second kappa shape index (κ2) is 8.03. The Morgan fingerprint density at radius 2 is 2.00 bits per heavy atom. The van der Waals surface area contributed by atoms with E-state index in [4.69, 9.17) is 4.74 Å². The molecule has 0 radical (unpaired) electrons. The van der Waals surface area contributed by atoms with Crippen molar-refractivity contribution in [3.63, 3.8) is 0 Å². The predicted molar refractivity (Wildman–Crippen MR) is 96.1 cm³/mol. The number of aromatic nitrogens is 1. The Bertz CT molecular complexity index is 709. The maximum atomic E-state index is 12.9. The molecule has 1 aliphatic rings. The summed E-state index contributed by atoms with van der Waals surface area (Å²) in [5.74, 6) is -0.457. The van der Waals surface area contributed by atoms with E-state index in [9.17, 15) is 9.18 Å². The Morgan fingerprint density at radius 1 is 1.32 bits per heavy atom. The van der Waals surface area contributed by atoms with Gasteiger partial charge in [-0.25, -0.2) is 9.37 Å². The van der Waals surface area contributed by atoms with Crippen molar-refractivity contribution in [2.45, 2.75) is 39.0 Å². The van der Waals surface area contributed by atoms with Gasteiger partial charge in [0, 0.05) is 25.0 Å². The van der Waals surface area contributed by atoms with E-state index in [1.807, 2.05) is 5.38 Å². The summed E-state index contributed by atoms with van der Waals surface area (Å²) < 4.78 is 18.6. The number of rotatable bonds is 5. The molecule has 0 bridgehead atoms. The first-order valence-electron chi connectivity index (χ1n) is 8.34. The van der Waals surface area contributed by atoms with E-state index in [0.29, 0.717) is 5.13 Å². The lowest BCUT2D eigenvalue weighted by Crippen LogP contribution is -2.44. The Kier molecular flexibility index (Phi) is 5.78. The molecule has 1 aromatic carbocycles. The summed E-state index contributed by atoms with van der Waals surface area (Å²) in [5, 5.41) is 5.38. The fourth-order valence-corrected chi connectivity index (χ4v) is 3.75. The van der Waals surface area contributed by atoms with Crippen LogP contribution in [0.5, 0.6) is 0 Å². The van der Waals surface area contributed by atoms with Crippen molar-refractivity contribution < 1.29 is 13.9 Å². The first-order chi connectivity index (χ1) is 12.0. The van der Waals surface area contributed by atoms with Crippen LogP contribution in [0.2, 0.25) is 0 Å². The lowest BCUT2D eigenvalue weighted by atomic mass is 10.1. The molecular formula is C18H22FN3O2S. The summed E-state index contributed by atoms with van der Waals surface area (Å²) in [7, 11) is 0. The molecule has 1 saturated heterocycles. The van der Waals surface area contributed by atoms with Gasteiger partial charge in [0.15, 0.2) is 5.13 Å². The van der Waals surface area contributed by atoms with E-state index < -0.39 is 0 Å². The summed E-state index contributed by atoms with van der Waals surface area (Å²) in [6.45, 7) is 6.67. The summed E-state index contributed by atoms with van der Waals surface area (Å²) >= 11 is 1.42. The monoisotopic (exact) mass is 363 g/mol. The number of carbonyl (C=O) groups excluding carboxylic acids is 1. The minimum Gasteiger partial charge on any atom is -0.373 e. The van der Waals surface area contributed by atoms with E-state index >= 15 is 0 Å². The Labute approximate surface area is 150 Å². The molecule has 1 aromatic heterocycles. The fraction of sp³-hybridized carbons (Fsp3) is 0.444. The van der Waals surface area contributed by atoms with Gasteiger partial charge in [0.1, 0.15) is 5.82 Å². The van der Waals surface area contributed by atoms with Crippen molar-refractivity contribution in [1.29, 1.82) is 0 Å². The Morgan fingerprint density at radius 3 is 2.68 bits per heavy atom. The molecule has 2 aromatic rings. The van der Waals surface area contributed by atoms with E-state index in [1.165, 1.54) is 23.5 Å². The van der Waals surface area contributed by atoms with Crippen LogP contribution >= 0.6 is 11.3 Å². The van der Waals surface area contributed by atoms with Gasteiger partial charge >= 0.3 is 0 Å². The van der Waals surface area contributed by atoms with Crippen molar-refractivity contribution in [3.05, 3.63) is 46.7 Å². The number of hydrogen-bond donors (Lipinski definition) is 1. The van der Waals surface area contributed by atoms with Crippen LogP contribution < -0.4 is 5.32 Å². The minimum absolute atomic E-state index is 0.152. The maximum absolute atomic E-state index is 12.9. The summed E-state index contributed by atoms with van der Waals surface area (Å²) in [6, 6.07) is 5.94. The van der Waals surface area contributed by atoms with E-state index in [0.717, 1.165) is 30.9 Å². The maximum Gasteiger partial charge on any atom is 0.230 e. The number of thiazole rings is 1. The number of ether oxygens (including phenoxy) is 1. The van der Waals surface area contributed by atoms with Crippen LogP contribution in [-0.2, 0) is 22.5 Å². The highest BCUT2D eigenvalue weighted by Gasteiger charge is 2.22. The normalized spacial score (nSPS) is 21.2. The molecule has 25 heavy (non-hydrogen) atoms. The molecule has 5 nitrogen and oxygen atoms in total. The molecule has 0 saturated carbocycles. The lowest BCUT2D eigenvalue weighted by molar-refractivity contribution is -0.115. The highest BCUT2D eigenvalue weighted by Crippen LogP contribution is 2.19. The Hall–Kier alpha value is -1.83. The standard InChI is InChI=1S/C18H22FN3O2S/c1-12-8-22(9-13(2)24-12)10-16-11-25-18(20-16)21-17(23)7-14-3-5-15(19)6-4-14/h3-6,11-13H,7-10H2,1-2H3,(H,20,21,23). The molecule has 1 aliphatic heterocycles. The van der Waals surface area contributed by atoms with Gasteiger partial charge in [0.25, 0.3) is 0 Å². The molecule has 1 amide bonds. The molecular weight excluding hydrogens is 341 g/mol. The van der Waals surface area contributed by atoms with Gasteiger partial charge in [0.05, 0.1) is 24.3 Å². The largest absolute Gasteiger partial charge is 0.373 e. The van der Waals surface area contributed by atoms with E-state index in [1.54, 1.807) is 12.1 Å². The zero-order valence-corrected chi connectivity index (χ0v) is 15.2. The van der Waals surface area contributed by atoms with Gasteiger partial charge in [-0.2, -0.15) is 0 Å².